The molecule has 0 radical (unpaired) electrons. The number of amides is 2. The summed E-state index contributed by atoms with van der Waals surface area (Å²) in [6.07, 6.45) is 0. The van der Waals surface area contributed by atoms with Gasteiger partial charge in [-0.1, -0.05) is 53.3 Å². The van der Waals surface area contributed by atoms with Gasteiger partial charge in [0.05, 0.1) is 0 Å². The number of rotatable bonds is 4. The minimum absolute atomic E-state index is 0.0669. The molecule has 0 spiro atoms. The van der Waals surface area contributed by atoms with E-state index in [4.69, 9.17) is 11.6 Å². The van der Waals surface area contributed by atoms with Crippen LogP contribution in [0.15, 0.2) is 34.5 Å². The maximum Gasteiger partial charge on any atom is 0.332 e. The van der Waals surface area contributed by atoms with Crippen molar-refractivity contribution in [3.8, 4) is 11.3 Å². The van der Waals surface area contributed by atoms with Gasteiger partial charge in [0.2, 0.25) is 0 Å². The van der Waals surface area contributed by atoms with Crippen LogP contribution in [0.25, 0.3) is 11.3 Å². The van der Waals surface area contributed by atoms with E-state index >= 15 is 0 Å². The van der Waals surface area contributed by atoms with Gasteiger partial charge in [-0.2, -0.15) is 0 Å². The second kappa shape index (κ2) is 6.61. The molecule has 10 heteroatoms. The molecule has 2 amide bonds. The number of thiazole rings is 1. The van der Waals surface area contributed by atoms with E-state index < -0.39 is 16.1 Å². The summed E-state index contributed by atoms with van der Waals surface area (Å²) in [5.74, 6) is 0. The second-order valence-electron chi connectivity index (χ2n) is 4.40. The van der Waals surface area contributed by atoms with Gasteiger partial charge in [0.25, 0.3) is 10.0 Å². The molecule has 0 bridgehead atoms. The Balaban J connectivity index is 2.34. The van der Waals surface area contributed by atoms with E-state index in [9.17, 15) is 13.2 Å². The Bertz CT molecular complexity index is 775. The van der Waals surface area contributed by atoms with Crippen LogP contribution in [0.1, 0.15) is 0 Å². The zero-order chi connectivity index (χ0) is 16.3. The van der Waals surface area contributed by atoms with E-state index in [0.717, 1.165) is 11.3 Å². The normalized spacial score (nSPS) is 11.2. The molecule has 7 nitrogen and oxygen atoms in total. The number of halogens is 1. The van der Waals surface area contributed by atoms with Gasteiger partial charge in [0.1, 0.15) is 5.69 Å². The maximum absolute atomic E-state index is 12.3. The van der Waals surface area contributed by atoms with Gasteiger partial charge in [0.15, 0.2) is 8.68 Å². The quantitative estimate of drug-likeness (QED) is 0.815. The molecule has 0 fully saturated rings. The zero-order valence-electron chi connectivity index (χ0n) is 11.7. The second-order valence-corrected chi connectivity index (χ2v) is 7.86. The smallest absolute Gasteiger partial charge is 0.330 e. The van der Waals surface area contributed by atoms with Gasteiger partial charge in [0, 0.05) is 19.7 Å². The molecule has 1 aromatic heterocycles. The molecule has 0 saturated carbocycles. The first kappa shape index (κ1) is 16.7. The fourth-order valence-corrected chi connectivity index (χ4v) is 4.05. The molecule has 1 aromatic carbocycles. The van der Waals surface area contributed by atoms with Crippen molar-refractivity contribution < 1.29 is 13.2 Å². The predicted molar refractivity (Wildman–Crippen MR) is 85.1 cm³/mol. The zero-order valence-corrected chi connectivity index (χ0v) is 14.1. The van der Waals surface area contributed by atoms with Gasteiger partial charge in [-0.3, -0.25) is 5.43 Å². The van der Waals surface area contributed by atoms with Gasteiger partial charge in [-0.05, 0) is 0 Å². The summed E-state index contributed by atoms with van der Waals surface area (Å²) in [5, 5.41) is 0. The Hall–Kier alpha value is -1.68. The van der Waals surface area contributed by atoms with Crippen molar-refractivity contribution in [2.24, 2.45) is 0 Å². The van der Waals surface area contributed by atoms with E-state index in [-0.39, 0.29) is 14.4 Å². The fraction of sp³-hybridized carbons (Fsp3) is 0.167. The number of urea groups is 1. The standard InChI is InChI=1S/C12H13ClN4O3S2/c1-17(2)12(18)15-16-22(19,20)10-9(14-11(13)21-10)8-6-4-3-5-7-8/h3-7,16H,1-2H3,(H,15,18). The molecule has 2 N–H and O–H groups in total. The monoisotopic (exact) mass is 360 g/mol. The van der Waals surface area contributed by atoms with Crippen molar-refractivity contribution in [3.63, 3.8) is 0 Å². The summed E-state index contributed by atoms with van der Waals surface area (Å²) < 4.78 is 24.7. The Labute approximate surface area is 136 Å². The highest BCUT2D eigenvalue weighted by atomic mass is 35.5. The number of carbonyl (C=O) groups is 1. The van der Waals surface area contributed by atoms with Crippen molar-refractivity contribution in [2.75, 3.05) is 14.1 Å². The number of nitrogens with zero attached hydrogens (tertiary/aromatic N) is 2. The maximum atomic E-state index is 12.3. The molecule has 1 heterocycles. The fourth-order valence-electron chi connectivity index (χ4n) is 1.51. The third kappa shape index (κ3) is 3.74. The lowest BCUT2D eigenvalue weighted by molar-refractivity contribution is 0.215. The molecule has 0 unspecified atom stereocenters. The number of hydrogen-bond donors (Lipinski definition) is 2. The molecule has 2 rings (SSSR count). The number of carbonyl (C=O) groups excluding carboxylic acids is 1. The SMILES string of the molecule is CN(C)C(=O)NNS(=O)(=O)c1sc(Cl)nc1-c1ccccc1. The van der Waals surface area contributed by atoms with Crippen LogP contribution >= 0.6 is 22.9 Å². The summed E-state index contributed by atoms with van der Waals surface area (Å²) in [4.78, 5) is 18.7. The first-order valence-electron chi connectivity index (χ1n) is 6.02. The number of benzene rings is 1. The lowest BCUT2D eigenvalue weighted by Gasteiger charge is -2.12. The molecule has 0 aliphatic carbocycles. The third-order valence-corrected chi connectivity index (χ3v) is 5.47. The number of nitrogens with one attached hydrogen (secondary N) is 2. The Kier molecular flexibility index (Phi) is 5.01. The first-order valence-corrected chi connectivity index (χ1v) is 8.70. The highest BCUT2D eigenvalue weighted by Crippen LogP contribution is 2.33. The Morgan fingerprint density at radius 3 is 2.50 bits per heavy atom. The molecular formula is C12H13ClN4O3S2. The van der Waals surface area contributed by atoms with Crippen LogP contribution in [0.4, 0.5) is 4.79 Å². The molecule has 0 aliphatic heterocycles. The van der Waals surface area contributed by atoms with Crippen molar-refractivity contribution in [1.82, 2.24) is 20.1 Å². The van der Waals surface area contributed by atoms with Crippen LogP contribution < -0.4 is 10.3 Å². The summed E-state index contributed by atoms with van der Waals surface area (Å²) in [6, 6.07) is 8.19. The van der Waals surface area contributed by atoms with Crippen LogP contribution in [0, 0.1) is 0 Å². The minimum atomic E-state index is -3.98. The van der Waals surface area contributed by atoms with Crippen LogP contribution in [-0.4, -0.2) is 38.4 Å². The minimum Gasteiger partial charge on any atom is -0.330 e. The number of hydrogen-bond acceptors (Lipinski definition) is 5. The molecule has 2 aromatic rings. The highest BCUT2D eigenvalue weighted by Gasteiger charge is 2.25. The van der Waals surface area contributed by atoms with E-state index in [0.29, 0.717) is 5.56 Å². The van der Waals surface area contributed by atoms with E-state index in [1.807, 2.05) is 4.83 Å². The van der Waals surface area contributed by atoms with Gasteiger partial charge in [-0.25, -0.2) is 18.2 Å². The van der Waals surface area contributed by atoms with Crippen molar-refractivity contribution in [1.29, 1.82) is 0 Å². The van der Waals surface area contributed by atoms with E-state index in [1.54, 1.807) is 30.3 Å². The molecular weight excluding hydrogens is 348 g/mol. The predicted octanol–water partition coefficient (Wildman–Crippen LogP) is 1.93. The topological polar surface area (TPSA) is 91.4 Å². The van der Waals surface area contributed by atoms with Crippen molar-refractivity contribution in [2.45, 2.75) is 4.21 Å². The lowest BCUT2D eigenvalue weighted by atomic mass is 10.2. The van der Waals surface area contributed by atoms with Crippen molar-refractivity contribution >= 4 is 39.0 Å². The average molecular weight is 361 g/mol. The van der Waals surface area contributed by atoms with E-state index in [2.05, 4.69) is 10.4 Å². The summed E-state index contributed by atoms with van der Waals surface area (Å²) in [5.41, 5.74) is 2.95. The molecule has 0 atom stereocenters. The van der Waals surface area contributed by atoms with Gasteiger partial charge >= 0.3 is 6.03 Å². The molecule has 22 heavy (non-hydrogen) atoms. The van der Waals surface area contributed by atoms with Crippen molar-refractivity contribution in [3.05, 3.63) is 34.8 Å². The number of hydrazine groups is 1. The Morgan fingerprint density at radius 2 is 1.91 bits per heavy atom. The third-order valence-electron chi connectivity index (χ3n) is 2.56. The summed E-state index contributed by atoms with van der Waals surface area (Å²) in [7, 11) is -1.01. The lowest BCUT2D eigenvalue weighted by Crippen LogP contribution is -2.46. The first-order chi connectivity index (χ1) is 10.3. The average Bonchev–Trinajstić information content (AvgIpc) is 2.88. The van der Waals surface area contributed by atoms with Gasteiger partial charge < -0.3 is 4.90 Å². The summed E-state index contributed by atoms with van der Waals surface area (Å²) >= 11 is 6.67. The molecule has 118 valence electrons. The van der Waals surface area contributed by atoms with Gasteiger partial charge in [-0.15, -0.1) is 4.83 Å². The van der Waals surface area contributed by atoms with Crippen LogP contribution in [0.2, 0.25) is 4.47 Å². The summed E-state index contributed by atoms with van der Waals surface area (Å²) in [6.45, 7) is 0. The molecule has 0 saturated heterocycles. The van der Waals surface area contributed by atoms with E-state index in [1.165, 1.54) is 19.0 Å². The van der Waals surface area contributed by atoms with Crippen LogP contribution in [0.5, 0.6) is 0 Å². The van der Waals surface area contributed by atoms with Crippen LogP contribution in [0.3, 0.4) is 0 Å². The van der Waals surface area contributed by atoms with Crippen LogP contribution in [-0.2, 0) is 10.0 Å². The highest BCUT2D eigenvalue weighted by molar-refractivity contribution is 7.91. The number of aromatic nitrogens is 1. The largest absolute Gasteiger partial charge is 0.332 e. The number of sulfonamides is 1. The Morgan fingerprint density at radius 1 is 1.27 bits per heavy atom. The molecule has 0 aliphatic rings.